The zero-order valence-electron chi connectivity index (χ0n) is 10.4. The topological polar surface area (TPSA) is 12.0 Å². The summed E-state index contributed by atoms with van der Waals surface area (Å²) in [6.07, 6.45) is 0. The molecule has 0 radical (unpaired) electrons. The van der Waals surface area contributed by atoms with Crippen molar-refractivity contribution in [1.29, 1.82) is 0 Å². The van der Waals surface area contributed by atoms with Gasteiger partial charge in [0.25, 0.3) is 0 Å². The molecule has 1 nitrogen and oxygen atoms in total. The molecule has 1 N–H and O–H groups in total. The zero-order chi connectivity index (χ0) is 13.1. The van der Waals surface area contributed by atoms with E-state index in [2.05, 4.69) is 24.4 Å². The Bertz CT molecular complexity index is 552. The predicted molar refractivity (Wildman–Crippen MR) is 79.4 cm³/mol. The normalized spacial score (nSPS) is 12.4. The van der Waals surface area contributed by atoms with Gasteiger partial charge < -0.3 is 5.32 Å². The van der Waals surface area contributed by atoms with Crippen LogP contribution < -0.4 is 5.32 Å². The van der Waals surface area contributed by atoms with E-state index >= 15 is 0 Å². The first-order valence-electron chi connectivity index (χ1n) is 5.84. The summed E-state index contributed by atoms with van der Waals surface area (Å²) < 4.78 is 0. The summed E-state index contributed by atoms with van der Waals surface area (Å²) in [6.45, 7) is 2.08. The summed E-state index contributed by atoms with van der Waals surface area (Å²) in [4.78, 5) is 0. The minimum Gasteiger partial charge on any atom is -0.313 e. The summed E-state index contributed by atoms with van der Waals surface area (Å²) in [5, 5.41) is 4.69. The standard InChI is InChI=1S/C15H15Cl2N/c1-10(18-2)14-7-6-12(9-15(14)17)11-4-3-5-13(16)8-11/h3-10,18H,1-2H3. The van der Waals surface area contributed by atoms with E-state index in [4.69, 9.17) is 23.2 Å². The van der Waals surface area contributed by atoms with Crippen molar-refractivity contribution in [3.8, 4) is 11.1 Å². The lowest BCUT2D eigenvalue weighted by Crippen LogP contribution is -2.12. The van der Waals surface area contributed by atoms with Crippen LogP contribution in [0.5, 0.6) is 0 Å². The summed E-state index contributed by atoms with van der Waals surface area (Å²) in [6, 6.07) is 14.1. The molecule has 0 saturated heterocycles. The van der Waals surface area contributed by atoms with E-state index in [9.17, 15) is 0 Å². The highest BCUT2D eigenvalue weighted by Crippen LogP contribution is 2.29. The number of nitrogens with one attached hydrogen (secondary N) is 1. The van der Waals surface area contributed by atoms with Gasteiger partial charge in [0.15, 0.2) is 0 Å². The highest BCUT2D eigenvalue weighted by Gasteiger charge is 2.09. The van der Waals surface area contributed by atoms with Crippen molar-refractivity contribution in [3.05, 3.63) is 58.1 Å². The van der Waals surface area contributed by atoms with Gasteiger partial charge in [-0.15, -0.1) is 0 Å². The van der Waals surface area contributed by atoms with Gasteiger partial charge in [-0.25, -0.2) is 0 Å². The Morgan fingerprint density at radius 2 is 1.72 bits per heavy atom. The third-order valence-electron chi connectivity index (χ3n) is 3.06. The third-order valence-corrected chi connectivity index (χ3v) is 3.62. The molecule has 2 aromatic rings. The maximum absolute atomic E-state index is 6.32. The van der Waals surface area contributed by atoms with Crippen molar-refractivity contribution < 1.29 is 0 Å². The SMILES string of the molecule is CNC(C)c1ccc(-c2cccc(Cl)c2)cc1Cl. The lowest BCUT2D eigenvalue weighted by molar-refractivity contribution is 0.652. The number of benzene rings is 2. The summed E-state index contributed by atoms with van der Waals surface area (Å²) in [5.41, 5.74) is 3.26. The maximum atomic E-state index is 6.32. The van der Waals surface area contributed by atoms with E-state index in [0.717, 1.165) is 26.7 Å². The van der Waals surface area contributed by atoms with E-state index in [1.165, 1.54) is 0 Å². The van der Waals surface area contributed by atoms with Crippen LogP contribution in [0.3, 0.4) is 0 Å². The fourth-order valence-corrected chi connectivity index (χ4v) is 2.42. The lowest BCUT2D eigenvalue weighted by Gasteiger charge is -2.13. The van der Waals surface area contributed by atoms with Crippen LogP contribution in [0.4, 0.5) is 0 Å². The van der Waals surface area contributed by atoms with Crippen molar-refractivity contribution >= 4 is 23.2 Å². The number of rotatable bonds is 3. The summed E-state index contributed by atoms with van der Waals surface area (Å²) in [5.74, 6) is 0. The van der Waals surface area contributed by atoms with Gasteiger partial charge in [-0.1, -0.05) is 47.5 Å². The van der Waals surface area contributed by atoms with Crippen molar-refractivity contribution in [2.45, 2.75) is 13.0 Å². The molecule has 2 aromatic carbocycles. The Morgan fingerprint density at radius 3 is 2.33 bits per heavy atom. The number of hydrogen-bond donors (Lipinski definition) is 1. The molecule has 0 aromatic heterocycles. The molecule has 0 saturated carbocycles. The number of hydrogen-bond acceptors (Lipinski definition) is 1. The highest BCUT2D eigenvalue weighted by molar-refractivity contribution is 6.32. The van der Waals surface area contributed by atoms with Crippen LogP contribution in [0.2, 0.25) is 10.0 Å². The van der Waals surface area contributed by atoms with Gasteiger partial charge >= 0.3 is 0 Å². The first-order chi connectivity index (χ1) is 8.61. The third kappa shape index (κ3) is 2.86. The molecule has 1 atom stereocenters. The quantitative estimate of drug-likeness (QED) is 0.839. The van der Waals surface area contributed by atoms with Crippen LogP contribution in [0.25, 0.3) is 11.1 Å². The van der Waals surface area contributed by atoms with Crippen LogP contribution in [-0.4, -0.2) is 7.05 Å². The molecule has 0 amide bonds. The van der Waals surface area contributed by atoms with Crippen LogP contribution in [0.1, 0.15) is 18.5 Å². The molecule has 0 aliphatic carbocycles. The van der Waals surface area contributed by atoms with Gasteiger partial charge in [0.05, 0.1) is 0 Å². The van der Waals surface area contributed by atoms with Gasteiger partial charge in [-0.05, 0) is 48.9 Å². The molecular weight excluding hydrogens is 265 g/mol. The molecule has 0 bridgehead atoms. The molecule has 0 aliphatic rings. The Hall–Kier alpha value is -1.02. The van der Waals surface area contributed by atoms with Gasteiger partial charge in [-0.3, -0.25) is 0 Å². The second-order valence-corrected chi connectivity index (χ2v) is 5.10. The van der Waals surface area contributed by atoms with Crippen LogP contribution in [-0.2, 0) is 0 Å². The van der Waals surface area contributed by atoms with Crippen LogP contribution in [0.15, 0.2) is 42.5 Å². The minimum atomic E-state index is 0.242. The maximum Gasteiger partial charge on any atom is 0.0459 e. The minimum absolute atomic E-state index is 0.242. The predicted octanol–water partition coefficient (Wildman–Crippen LogP) is 4.94. The smallest absolute Gasteiger partial charge is 0.0459 e. The second kappa shape index (κ2) is 5.75. The molecule has 0 aliphatic heterocycles. The fourth-order valence-electron chi connectivity index (χ4n) is 1.88. The molecule has 3 heteroatoms. The van der Waals surface area contributed by atoms with Gasteiger partial charge in [0.1, 0.15) is 0 Å². The average Bonchev–Trinajstić information content (AvgIpc) is 2.37. The first-order valence-corrected chi connectivity index (χ1v) is 6.60. The van der Waals surface area contributed by atoms with Crippen molar-refractivity contribution in [2.24, 2.45) is 0 Å². The van der Waals surface area contributed by atoms with Gasteiger partial charge in [0.2, 0.25) is 0 Å². The van der Waals surface area contributed by atoms with Gasteiger partial charge in [-0.2, -0.15) is 0 Å². The van der Waals surface area contributed by atoms with Crippen LogP contribution >= 0.6 is 23.2 Å². The molecule has 1 unspecified atom stereocenters. The average molecular weight is 280 g/mol. The molecule has 18 heavy (non-hydrogen) atoms. The Labute approximate surface area is 118 Å². The lowest BCUT2D eigenvalue weighted by atomic mass is 10.0. The van der Waals surface area contributed by atoms with Crippen molar-refractivity contribution in [3.63, 3.8) is 0 Å². The second-order valence-electron chi connectivity index (χ2n) is 4.26. The first kappa shape index (κ1) is 13.4. The van der Waals surface area contributed by atoms with E-state index in [-0.39, 0.29) is 6.04 Å². The molecule has 94 valence electrons. The summed E-state index contributed by atoms with van der Waals surface area (Å²) >= 11 is 12.3. The molecule has 0 spiro atoms. The molecule has 0 heterocycles. The Balaban J connectivity index is 2.40. The number of halogens is 2. The van der Waals surface area contributed by atoms with E-state index < -0.39 is 0 Å². The Morgan fingerprint density at radius 1 is 1.00 bits per heavy atom. The molecular formula is C15H15Cl2N. The zero-order valence-corrected chi connectivity index (χ0v) is 11.9. The van der Waals surface area contributed by atoms with Crippen LogP contribution in [0, 0.1) is 0 Å². The Kier molecular flexibility index (Phi) is 4.28. The van der Waals surface area contributed by atoms with E-state index in [1.54, 1.807) is 0 Å². The highest BCUT2D eigenvalue weighted by atomic mass is 35.5. The van der Waals surface area contributed by atoms with Crippen molar-refractivity contribution in [1.82, 2.24) is 5.32 Å². The van der Waals surface area contributed by atoms with Gasteiger partial charge in [0, 0.05) is 16.1 Å². The van der Waals surface area contributed by atoms with Crippen molar-refractivity contribution in [2.75, 3.05) is 7.05 Å². The fraction of sp³-hybridized carbons (Fsp3) is 0.200. The molecule has 0 fully saturated rings. The summed E-state index contributed by atoms with van der Waals surface area (Å²) in [7, 11) is 1.92. The monoisotopic (exact) mass is 279 g/mol. The van der Waals surface area contributed by atoms with E-state index in [0.29, 0.717) is 0 Å². The largest absolute Gasteiger partial charge is 0.313 e. The molecule has 2 rings (SSSR count). The van der Waals surface area contributed by atoms with E-state index in [1.807, 2.05) is 37.4 Å².